The maximum absolute atomic E-state index is 11.6. The normalized spacial score (nSPS) is 10.0. The third-order valence-corrected chi connectivity index (χ3v) is 2.79. The van der Waals surface area contributed by atoms with Crippen LogP contribution in [0.2, 0.25) is 0 Å². The number of hydrogen-bond acceptors (Lipinski definition) is 3. The molecule has 1 aromatic carbocycles. The molecule has 0 atom stereocenters. The van der Waals surface area contributed by atoms with Crippen LogP contribution < -0.4 is 10.6 Å². The Morgan fingerprint density at radius 2 is 2.05 bits per heavy atom. The first-order chi connectivity index (χ1) is 9.13. The van der Waals surface area contributed by atoms with E-state index in [1.54, 1.807) is 12.4 Å². The summed E-state index contributed by atoms with van der Waals surface area (Å²) >= 11 is 3.23. The number of nitrogens with zero attached hydrogens (tertiary/aromatic N) is 2. The minimum Gasteiger partial charge on any atom is -0.334 e. The lowest BCUT2D eigenvalue weighted by Gasteiger charge is -2.07. The molecular weight excluding hydrogens is 308 g/mol. The fraction of sp³-hybridized carbons (Fsp3) is 0.154. The molecule has 0 spiro atoms. The SMILES string of the molecule is Cc1cccc(CNC(=O)Nc2ncc(Br)cn2)c1. The van der Waals surface area contributed by atoms with E-state index in [0.29, 0.717) is 6.54 Å². The summed E-state index contributed by atoms with van der Waals surface area (Å²) in [6.07, 6.45) is 3.15. The quantitative estimate of drug-likeness (QED) is 0.913. The lowest BCUT2D eigenvalue weighted by molar-refractivity contribution is 0.251. The van der Waals surface area contributed by atoms with Crippen LogP contribution in [0.25, 0.3) is 0 Å². The molecule has 0 saturated heterocycles. The molecule has 2 N–H and O–H groups in total. The number of urea groups is 1. The number of carbonyl (C=O) groups is 1. The van der Waals surface area contributed by atoms with Crippen molar-refractivity contribution in [3.05, 3.63) is 52.3 Å². The second-order valence-corrected chi connectivity index (χ2v) is 4.94. The van der Waals surface area contributed by atoms with Gasteiger partial charge in [0.05, 0.1) is 4.47 Å². The van der Waals surface area contributed by atoms with Crippen molar-refractivity contribution in [2.24, 2.45) is 0 Å². The topological polar surface area (TPSA) is 66.9 Å². The smallest absolute Gasteiger partial charge is 0.321 e. The molecule has 0 unspecified atom stereocenters. The Labute approximate surface area is 119 Å². The highest BCUT2D eigenvalue weighted by atomic mass is 79.9. The highest BCUT2D eigenvalue weighted by Gasteiger charge is 2.03. The van der Waals surface area contributed by atoms with Crippen molar-refractivity contribution < 1.29 is 4.79 Å². The number of nitrogens with one attached hydrogen (secondary N) is 2. The average molecular weight is 321 g/mol. The summed E-state index contributed by atoms with van der Waals surface area (Å²) in [5, 5.41) is 5.31. The number of anilines is 1. The van der Waals surface area contributed by atoms with Crippen LogP contribution in [0.3, 0.4) is 0 Å². The summed E-state index contributed by atoms with van der Waals surface area (Å²) in [5.41, 5.74) is 2.21. The second-order valence-electron chi connectivity index (χ2n) is 4.02. The van der Waals surface area contributed by atoms with Crippen LogP contribution in [0.15, 0.2) is 41.1 Å². The van der Waals surface area contributed by atoms with E-state index < -0.39 is 0 Å². The van der Waals surface area contributed by atoms with E-state index >= 15 is 0 Å². The van der Waals surface area contributed by atoms with Gasteiger partial charge in [-0.2, -0.15) is 0 Å². The molecular formula is C13H13BrN4O. The number of benzene rings is 1. The molecule has 98 valence electrons. The summed E-state index contributed by atoms with van der Waals surface area (Å²) in [4.78, 5) is 19.6. The Bertz CT molecular complexity index is 571. The third-order valence-electron chi connectivity index (χ3n) is 2.38. The van der Waals surface area contributed by atoms with E-state index in [2.05, 4.69) is 36.5 Å². The van der Waals surface area contributed by atoms with Gasteiger partial charge in [-0.25, -0.2) is 14.8 Å². The minimum absolute atomic E-state index is 0.268. The third kappa shape index (κ3) is 4.33. The van der Waals surface area contributed by atoms with Crippen LogP contribution >= 0.6 is 15.9 Å². The number of aryl methyl sites for hydroxylation is 1. The molecule has 0 bridgehead atoms. The highest BCUT2D eigenvalue weighted by Crippen LogP contribution is 2.07. The number of halogens is 1. The molecule has 1 aromatic heterocycles. The zero-order valence-corrected chi connectivity index (χ0v) is 11.9. The largest absolute Gasteiger partial charge is 0.334 e. The van der Waals surface area contributed by atoms with E-state index in [0.717, 1.165) is 15.6 Å². The molecule has 5 nitrogen and oxygen atoms in total. The van der Waals surface area contributed by atoms with Gasteiger partial charge in [0.25, 0.3) is 0 Å². The summed E-state index contributed by atoms with van der Waals surface area (Å²) in [7, 11) is 0. The van der Waals surface area contributed by atoms with Crippen LogP contribution in [-0.2, 0) is 6.54 Å². The van der Waals surface area contributed by atoms with Crippen LogP contribution in [0.1, 0.15) is 11.1 Å². The molecule has 0 fully saturated rings. The molecule has 6 heteroatoms. The lowest BCUT2D eigenvalue weighted by Crippen LogP contribution is -2.28. The van der Waals surface area contributed by atoms with Gasteiger partial charge in [-0.1, -0.05) is 29.8 Å². The van der Waals surface area contributed by atoms with Gasteiger partial charge in [-0.05, 0) is 28.4 Å². The zero-order valence-electron chi connectivity index (χ0n) is 10.4. The van der Waals surface area contributed by atoms with E-state index in [9.17, 15) is 4.79 Å². The van der Waals surface area contributed by atoms with Gasteiger partial charge in [0, 0.05) is 18.9 Å². The number of aromatic nitrogens is 2. The molecule has 0 aliphatic rings. The standard InChI is InChI=1S/C13H13BrN4O/c1-9-3-2-4-10(5-9)6-17-13(19)18-12-15-7-11(14)8-16-12/h2-5,7-8H,6H2,1H3,(H2,15,16,17,18,19). The van der Waals surface area contributed by atoms with Crippen LogP contribution in [0, 0.1) is 6.92 Å². The van der Waals surface area contributed by atoms with Crippen LogP contribution in [0.5, 0.6) is 0 Å². The summed E-state index contributed by atoms with van der Waals surface area (Å²) in [6.45, 7) is 2.48. The van der Waals surface area contributed by atoms with Crippen molar-refractivity contribution in [1.29, 1.82) is 0 Å². The van der Waals surface area contributed by atoms with Crippen molar-refractivity contribution in [3.8, 4) is 0 Å². The van der Waals surface area contributed by atoms with Crippen molar-refractivity contribution in [1.82, 2.24) is 15.3 Å². The van der Waals surface area contributed by atoms with Crippen molar-refractivity contribution in [2.45, 2.75) is 13.5 Å². The molecule has 0 aliphatic heterocycles. The fourth-order valence-corrected chi connectivity index (χ4v) is 1.73. The Hall–Kier alpha value is -1.95. The Morgan fingerprint density at radius 1 is 1.32 bits per heavy atom. The first-order valence-corrected chi connectivity index (χ1v) is 6.51. The first kappa shape index (κ1) is 13.5. The molecule has 19 heavy (non-hydrogen) atoms. The van der Waals surface area contributed by atoms with Gasteiger partial charge >= 0.3 is 6.03 Å². The van der Waals surface area contributed by atoms with Gasteiger partial charge in [-0.15, -0.1) is 0 Å². The van der Waals surface area contributed by atoms with Gasteiger partial charge in [0.15, 0.2) is 0 Å². The number of amides is 2. The molecule has 0 saturated carbocycles. The van der Waals surface area contributed by atoms with E-state index in [4.69, 9.17) is 0 Å². The van der Waals surface area contributed by atoms with Gasteiger partial charge < -0.3 is 5.32 Å². The van der Waals surface area contributed by atoms with Crippen molar-refractivity contribution in [2.75, 3.05) is 5.32 Å². The summed E-state index contributed by atoms with van der Waals surface area (Å²) < 4.78 is 0.762. The van der Waals surface area contributed by atoms with E-state index in [-0.39, 0.29) is 12.0 Å². The monoisotopic (exact) mass is 320 g/mol. The molecule has 2 amide bonds. The Kier molecular flexibility index (Phi) is 4.46. The maximum Gasteiger partial charge on any atom is 0.321 e. The van der Waals surface area contributed by atoms with Gasteiger partial charge in [0.1, 0.15) is 0 Å². The highest BCUT2D eigenvalue weighted by molar-refractivity contribution is 9.10. The first-order valence-electron chi connectivity index (χ1n) is 5.71. The molecule has 2 aromatic rings. The number of carbonyl (C=O) groups excluding carboxylic acids is 1. The average Bonchev–Trinajstić information content (AvgIpc) is 2.39. The molecule has 0 radical (unpaired) electrons. The predicted molar refractivity (Wildman–Crippen MR) is 76.8 cm³/mol. The fourth-order valence-electron chi connectivity index (χ4n) is 1.53. The van der Waals surface area contributed by atoms with E-state index in [1.165, 1.54) is 0 Å². The number of rotatable bonds is 3. The van der Waals surface area contributed by atoms with Crippen molar-refractivity contribution >= 4 is 27.9 Å². The molecule has 1 heterocycles. The maximum atomic E-state index is 11.6. The summed E-state index contributed by atoms with van der Waals surface area (Å²) in [6, 6.07) is 7.63. The second kappa shape index (κ2) is 6.29. The van der Waals surface area contributed by atoms with Crippen molar-refractivity contribution in [3.63, 3.8) is 0 Å². The van der Waals surface area contributed by atoms with Crippen LogP contribution in [0.4, 0.5) is 10.7 Å². The Morgan fingerprint density at radius 3 is 2.74 bits per heavy atom. The molecule has 0 aliphatic carbocycles. The lowest BCUT2D eigenvalue weighted by atomic mass is 10.1. The van der Waals surface area contributed by atoms with Crippen LogP contribution in [-0.4, -0.2) is 16.0 Å². The van der Waals surface area contributed by atoms with Gasteiger partial charge in [-0.3, -0.25) is 5.32 Å². The minimum atomic E-state index is -0.330. The predicted octanol–water partition coefficient (Wildman–Crippen LogP) is 2.87. The van der Waals surface area contributed by atoms with E-state index in [1.807, 2.05) is 31.2 Å². The number of hydrogen-bond donors (Lipinski definition) is 2. The Balaban J connectivity index is 1.86. The summed E-state index contributed by atoms with van der Waals surface area (Å²) in [5.74, 6) is 0.268. The zero-order chi connectivity index (χ0) is 13.7. The van der Waals surface area contributed by atoms with Gasteiger partial charge in [0.2, 0.25) is 5.95 Å². The molecule has 2 rings (SSSR count).